The molecule has 0 aliphatic rings. The molecular formula is C17H35NO4S. The molecule has 1 amide bonds. The highest BCUT2D eigenvalue weighted by molar-refractivity contribution is 7.85. The number of nitrogens with one attached hydrogen (secondary N) is 1. The topological polar surface area (TPSA) is 83.5 Å². The molecule has 0 aliphatic carbocycles. The molecule has 0 bridgehead atoms. The first kappa shape index (κ1) is 22.4. The van der Waals surface area contributed by atoms with Crippen molar-refractivity contribution in [2.75, 3.05) is 5.75 Å². The summed E-state index contributed by atoms with van der Waals surface area (Å²) in [6, 6.07) is 0. The van der Waals surface area contributed by atoms with Gasteiger partial charge in [0, 0.05) is 5.92 Å². The highest BCUT2D eigenvalue weighted by Gasteiger charge is 2.39. The second-order valence-electron chi connectivity index (χ2n) is 8.72. The molecule has 0 spiro atoms. The van der Waals surface area contributed by atoms with Gasteiger partial charge in [0.1, 0.15) is 0 Å². The summed E-state index contributed by atoms with van der Waals surface area (Å²) in [5.41, 5.74) is -1.17. The van der Waals surface area contributed by atoms with E-state index >= 15 is 0 Å². The molecule has 0 aromatic carbocycles. The van der Waals surface area contributed by atoms with Crippen LogP contribution in [0.4, 0.5) is 0 Å². The summed E-state index contributed by atoms with van der Waals surface area (Å²) in [7, 11) is -4.15. The number of hydrogen-bond donors (Lipinski definition) is 2. The van der Waals surface area contributed by atoms with Crippen LogP contribution in [0.5, 0.6) is 0 Å². The van der Waals surface area contributed by atoms with Gasteiger partial charge in [-0.15, -0.1) is 0 Å². The predicted octanol–water partition coefficient (Wildman–Crippen LogP) is 3.65. The van der Waals surface area contributed by atoms with E-state index in [0.717, 1.165) is 19.3 Å². The van der Waals surface area contributed by atoms with Gasteiger partial charge in [-0.2, -0.15) is 8.42 Å². The van der Waals surface area contributed by atoms with Crippen LogP contribution < -0.4 is 5.32 Å². The first-order valence-electron chi connectivity index (χ1n) is 8.32. The number of carbonyl (C=O) groups is 1. The lowest BCUT2D eigenvalue weighted by Crippen LogP contribution is -2.52. The number of hydrogen-bond acceptors (Lipinski definition) is 3. The third kappa shape index (κ3) is 8.15. The summed E-state index contributed by atoms with van der Waals surface area (Å²) in [5.74, 6) is -0.863. The maximum absolute atomic E-state index is 12.9. The molecule has 0 fully saturated rings. The largest absolute Gasteiger partial charge is 0.350 e. The smallest absolute Gasteiger partial charge is 0.267 e. The second kappa shape index (κ2) is 7.51. The van der Waals surface area contributed by atoms with Gasteiger partial charge in [0.15, 0.2) is 0 Å². The molecule has 0 saturated carbocycles. The van der Waals surface area contributed by atoms with E-state index in [0.29, 0.717) is 0 Å². The molecule has 0 heterocycles. The average molecular weight is 350 g/mol. The standard InChI is InChI=1S/C17H35NO4S/c1-9-15(3,4)11-13(16(5,6)10-2)14(19)18-17(7,8)12-23(20,21)22/h13H,9-12H2,1-8H3,(H,18,19)(H,20,21,22). The van der Waals surface area contributed by atoms with Gasteiger partial charge >= 0.3 is 0 Å². The molecule has 138 valence electrons. The van der Waals surface area contributed by atoms with Crippen molar-refractivity contribution in [3.05, 3.63) is 0 Å². The third-order valence-electron chi connectivity index (χ3n) is 4.89. The number of carbonyl (C=O) groups excluding carboxylic acids is 1. The molecule has 0 radical (unpaired) electrons. The van der Waals surface area contributed by atoms with E-state index in [-0.39, 0.29) is 22.7 Å². The van der Waals surface area contributed by atoms with Crippen LogP contribution in [0.1, 0.15) is 74.7 Å². The minimum absolute atomic E-state index is 0.0294. The minimum atomic E-state index is -4.15. The molecule has 0 saturated heterocycles. The van der Waals surface area contributed by atoms with Gasteiger partial charge < -0.3 is 5.32 Å². The Morgan fingerprint density at radius 3 is 1.87 bits per heavy atom. The molecule has 0 aromatic heterocycles. The van der Waals surface area contributed by atoms with Crippen LogP contribution in [0.3, 0.4) is 0 Å². The minimum Gasteiger partial charge on any atom is -0.350 e. The summed E-state index contributed by atoms with van der Waals surface area (Å²) in [6.07, 6.45) is 2.55. The van der Waals surface area contributed by atoms with Crippen molar-refractivity contribution >= 4 is 16.0 Å². The maximum atomic E-state index is 12.9. The van der Waals surface area contributed by atoms with Gasteiger partial charge in [-0.05, 0) is 31.1 Å². The van der Waals surface area contributed by atoms with Gasteiger partial charge in [0.05, 0.1) is 11.3 Å². The molecule has 0 rings (SSSR count). The summed E-state index contributed by atoms with van der Waals surface area (Å²) in [5, 5.41) is 2.82. The van der Waals surface area contributed by atoms with Gasteiger partial charge in [-0.1, -0.05) is 54.4 Å². The van der Waals surface area contributed by atoms with Gasteiger partial charge in [0.25, 0.3) is 10.1 Å². The Balaban J connectivity index is 5.38. The van der Waals surface area contributed by atoms with Crippen molar-refractivity contribution in [2.45, 2.75) is 80.2 Å². The van der Waals surface area contributed by atoms with Crippen LogP contribution in [0.15, 0.2) is 0 Å². The molecule has 1 atom stereocenters. The highest BCUT2D eigenvalue weighted by atomic mass is 32.2. The third-order valence-corrected chi connectivity index (χ3v) is 5.98. The first-order valence-corrected chi connectivity index (χ1v) is 9.93. The van der Waals surface area contributed by atoms with Crippen LogP contribution in [0.2, 0.25) is 0 Å². The lowest BCUT2D eigenvalue weighted by atomic mass is 9.68. The van der Waals surface area contributed by atoms with E-state index in [1.807, 2.05) is 0 Å². The maximum Gasteiger partial charge on any atom is 0.267 e. The molecule has 6 heteroatoms. The van der Waals surface area contributed by atoms with Crippen molar-refractivity contribution in [2.24, 2.45) is 16.7 Å². The molecule has 23 heavy (non-hydrogen) atoms. The Kier molecular flexibility index (Phi) is 7.31. The summed E-state index contributed by atoms with van der Waals surface area (Å²) in [4.78, 5) is 12.9. The van der Waals surface area contributed by atoms with Crippen LogP contribution in [-0.2, 0) is 14.9 Å². The highest BCUT2D eigenvalue weighted by Crippen LogP contribution is 2.40. The summed E-state index contributed by atoms with van der Waals surface area (Å²) >= 11 is 0. The monoisotopic (exact) mass is 349 g/mol. The molecular weight excluding hydrogens is 314 g/mol. The van der Waals surface area contributed by atoms with Crippen molar-refractivity contribution in [1.29, 1.82) is 0 Å². The number of rotatable bonds is 9. The van der Waals surface area contributed by atoms with Crippen molar-refractivity contribution in [3.8, 4) is 0 Å². The van der Waals surface area contributed by atoms with E-state index in [1.165, 1.54) is 0 Å². The lowest BCUT2D eigenvalue weighted by molar-refractivity contribution is -0.131. The fourth-order valence-corrected chi connectivity index (χ4v) is 3.56. The molecule has 5 nitrogen and oxygen atoms in total. The fraction of sp³-hybridized carbons (Fsp3) is 0.941. The van der Waals surface area contributed by atoms with Crippen molar-refractivity contribution in [1.82, 2.24) is 5.32 Å². The zero-order chi connectivity index (χ0) is 18.7. The molecule has 0 aliphatic heterocycles. The average Bonchev–Trinajstić information content (AvgIpc) is 2.32. The summed E-state index contributed by atoms with van der Waals surface area (Å²) < 4.78 is 31.3. The first-order chi connectivity index (χ1) is 10.1. The Labute approximate surface area is 142 Å². The Hall–Kier alpha value is -0.620. The van der Waals surface area contributed by atoms with E-state index in [1.54, 1.807) is 13.8 Å². The van der Waals surface area contributed by atoms with Gasteiger partial charge in [-0.25, -0.2) is 0 Å². The summed E-state index contributed by atoms with van der Waals surface area (Å²) in [6.45, 7) is 15.8. The second-order valence-corrected chi connectivity index (χ2v) is 10.2. The van der Waals surface area contributed by atoms with Crippen LogP contribution in [0.25, 0.3) is 0 Å². The lowest BCUT2D eigenvalue weighted by Gasteiger charge is -2.39. The van der Waals surface area contributed by atoms with Crippen LogP contribution in [-0.4, -0.2) is 30.2 Å². The van der Waals surface area contributed by atoms with Crippen molar-refractivity contribution in [3.63, 3.8) is 0 Å². The fourth-order valence-electron chi connectivity index (χ4n) is 2.58. The number of amides is 1. The predicted molar refractivity (Wildman–Crippen MR) is 94.9 cm³/mol. The quantitative estimate of drug-likeness (QED) is 0.622. The van der Waals surface area contributed by atoms with Gasteiger partial charge in [0.2, 0.25) is 5.91 Å². The zero-order valence-electron chi connectivity index (χ0n) is 16.0. The van der Waals surface area contributed by atoms with E-state index < -0.39 is 21.4 Å². The van der Waals surface area contributed by atoms with E-state index in [9.17, 15) is 13.2 Å². The van der Waals surface area contributed by atoms with E-state index in [2.05, 4.69) is 46.9 Å². The Morgan fingerprint density at radius 2 is 1.52 bits per heavy atom. The Morgan fingerprint density at radius 1 is 1.04 bits per heavy atom. The van der Waals surface area contributed by atoms with Crippen LogP contribution in [0, 0.1) is 16.7 Å². The SMILES string of the molecule is CCC(C)(C)CC(C(=O)NC(C)(C)CS(=O)(=O)O)C(C)(C)CC. The van der Waals surface area contributed by atoms with Crippen molar-refractivity contribution < 1.29 is 17.8 Å². The van der Waals surface area contributed by atoms with Gasteiger partial charge in [-0.3, -0.25) is 9.35 Å². The van der Waals surface area contributed by atoms with Crippen LogP contribution >= 0.6 is 0 Å². The normalized spacial score (nSPS) is 15.3. The molecule has 1 unspecified atom stereocenters. The zero-order valence-corrected chi connectivity index (χ0v) is 16.8. The Bertz CT molecular complexity index is 507. The van der Waals surface area contributed by atoms with E-state index in [4.69, 9.17) is 4.55 Å². The molecule has 2 N–H and O–H groups in total. The molecule has 0 aromatic rings.